The van der Waals surface area contributed by atoms with E-state index in [1.807, 2.05) is 67.5 Å². The molecule has 1 atom stereocenters. The van der Waals surface area contributed by atoms with Crippen molar-refractivity contribution in [1.82, 2.24) is 10.7 Å². The van der Waals surface area contributed by atoms with E-state index in [0.29, 0.717) is 0 Å². The first-order valence-electron chi connectivity index (χ1n) is 9.17. The van der Waals surface area contributed by atoms with E-state index in [1.54, 1.807) is 13.1 Å². The van der Waals surface area contributed by atoms with Gasteiger partial charge in [-0.15, -0.1) is 0 Å². The monoisotopic (exact) mass is 460 g/mol. The van der Waals surface area contributed by atoms with Crippen molar-refractivity contribution in [2.24, 2.45) is 5.10 Å². The number of hydrogen-bond acceptors (Lipinski definition) is 5. The minimum atomic E-state index is -0.566. The van der Waals surface area contributed by atoms with E-state index in [0.717, 1.165) is 21.3 Å². The summed E-state index contributed by atoms with van der Waals surface area (Å²) in [6.45, 7) is 1.98. The molecule has 29 heavy (non-hydrogen) atoms. The van der Waals surface area contributed by atoms with E-state index >= 15 is 0 Å². The van der Waals surface area contributed by atoms with Crippen LogP contribution < -0.4 is 15.6 Å². The van der Waals surface area contributed by atoms with Gasteiger partial charge in [0.25, 0.3) is 0 Å². The normalized spacial score (nSPS) is 11.7. The van der Waals surface area contributed by atoms with E-state index in [2.05, 4.69) is 31.8 Å². The van der Waals surface area contributed by atoms with Gasteiger partial charge >= 0.3 is 6.09 Å². The van der Waals surface area contributed by atoms with Crippen LogP contribution in [0.4, 0.5) is 10.5 Å². The third-order valence-corrected chi connectivity index (χ3v) is 4.65. The zero-order valence-electron chi connectivity index (χ0n) is 16.7. The molecule has 0 aliphatic rings. The molecule has 0 aliphatic heterocycles. The molecule has 8 heteroatoms. The van der Waals surface area contributed by atoms with Crippen LogP contribution in [0, 0.1) is 0 Å². The largest absolute Gasteiger partial charge is 0.450 e. The van der Waals surface area contributed by atoms with Crippen LogP contribution in [0.25, 0.3) is 0 Å². The number of nitrogens with one attached hydrogen (secondary N) is 2. The van der Waals surface area contributed by atoms with Crippen LogP contribution >= 0.6 is 15.9 Å². The molecule has 0 saturated carbocycles. The maximum atomic E-state index is 12.3. The number of amides is 2. The van der Waals surface area contributed by atoms with Gasteiger partial charge in [0.1, 0.15) is 0 Å². The minimum Gasteiger partial charge on any atom is -0.450 e. The van der Waals surface area contributed by atoms with Crippen LogP contribution in [0.15, 0.2) is 58.1 Å². The van der Waals surface area contributed by atoms with E-state index in [1.165, 1.54) is 0 Å². The van der Waals surface area contributed by atoms with Gasteiger partial charge in [0.2, 0.25) is 5.91 Å². The summed E-state index contributed by atoms with van der Waals surface area (Å²) in [4.78, 5) is 26.1. The van der Waals surface area contributed by atoms with E-state index < -0.39 is 12.1 Å². The molecule has 0 aromatic heterocycles. The molecular weight excluding hydrogens is 436 g/mol. The van der Waals surface area contributed by atoms with E-state index in [-0.39, 0.29) is 18.9 Å². The van der Waals surface area contributed by atoms with Gasteiger partial charge in [0, 0.05) is 18.6 Å². The summed E-state index contributed by atoms with van der Waals surface area (Å²) in [6.07, 6.45) is 1.03. The highest BCUT2D eigenvalue weighted by Crippen LogP contribution is 2.25. The van der Waals surface area contributed by atoms with Crippen molar-refractivity contribution in [3.05, 3.63) is 64.1 Å². The average molecular weight is 461 g/mol. The van der Waals surface area contributed by atoms with Crippen LogP contribution in [-0.4, -0.2) is 38.9 Å². The molecule has 2 aromatic rings. The Hall–Kier alpha value is -2.87. The summed E-state index contributed by atoms with van der Waals surface area (Å²) in [6, 6.07) is 14.5. The first kappa shape index (κ1) is 22.4. The number of carbonyl (C=O) groups excluding carboxylic acids is 2. The number of hydrazone groups is 1. The molecule has 0 spiro atoms. The summed E-state index contributed by atoms with van der Waals surface area (Å²) in [5.41, 5.74) is 5.20. The molecular formula is C21H25BrN4O3. The number of alkyl carbamates (subject to hydrolysis) is 1. The summed E-state index contributed by atoms with van der Waals surface area (Å²) < 4.78 is 5.86. The number of carbonyl (C=O) groups is 2. The first-order chi connectivity index (χ1) is 13.9. The second-order valence-electron chi connectivity index (χ2n) is 6.43. The summed E-state index contributed by atoms with van der Waals surface area (Å²) >= 11 is 3.52. The van der Waals surface area contributed by atoms with E-state index in [4.69, 9.17) is 4.74 Å². The molecule has 0 bridgehead atoms. The summed E-state index contributed by atoms with van der Waals surface area (Å²) in [7, 11) is 3.92. The predicted molar refractivity (Wildman–Crippen MR) is 118 cm³/mol. The summed E-state index contributed by atoms with van der Waals surface area (Å²) in [5, 5.41) is 6.73. The van der Waals surface area contributed by atoms with Gasteiger partial charge in [-0.3, -0.25) is 4.79 Å². The number of nitrogens with zero attached hydrogens (tertiary/aromatic N) is 2. The molecule has 0 aliphatic carbocycles. The molecule has 0 fully saturated rings. The lowest BCUT2D eigenvalue weighted by molar-refractivity contribution is -0.121. The topological polar surface area (TPSA) is 83.0 Å². The minimum absolute atomic E-state index is 0.0312. The molecule has 2 aromatic carbocycles. The number of anilines is 1. The zero-order chi connectivity index (χ0) is 21.2. The zero-order valence-corrected chi connectivity index (χ0v) is 18.3. The Balaban J connectivity index is 1.99. The standard InChI is InChI=1S/C21H25BrN4O3/c1-4-29-21(28)24-18(16-8-6-5-7-9-16)13-20(27)25-23-14-15-10-11-19(26(2)3)17(22)12-15/h5-12,14,18H,4,13H2,1-3H3,(H,24,28)(H,25,27)/b23-14-/t18-/m0/s1. The molecule has 0 heterocycles. The van der Waals surface area contributed by atoms with E-state index in [9.17, 15) is 9.59 Å². The van der Waals surface area contributed by atoms with Crippen molar-refractivity contribution in [1.29, 1.82) is 0 Å². The Morgan fingerprint density at radius 3 is 2.55 bits per heavy atom. The lowest BCUT2D eigenvalue weighted by Crippen LogP contribution is -2.33. The number of hydrogen-bond donors (Lipinski definition) is 2. The van der Waals surface area contributed by atoms with Crippen molar-refractivity contribution < 1.29 is 14.3 Å². The Morgan fingerprint density at radius 1 is 1.21 bits per heavy atom. The first-order valence-corrected chi connectivity index (χ1v) is 9.97. The predicted octanol–water partition coefficient (Wildman–Crippen LogP) is 3.84. The second-order valence-corrected chi connectivity index (χ2v) is 7.28. The molecule has 0 unspecified atom stereocenters. The average Bonchev–Trinajstić information content (AvgIpc) is 2.68. The Bertz CT molecular complexity index is 856. The van der Waals surface area contributed by atoms with Crippen LogP contribution in [0.2, 0.25) is 0 Å². The van der Waals surface area contributed by atoms with Crippen LogP contribution in [0.5, 0.6) is 0 Å². The van der Waals surface area contributed by atoms with Gasteiger partial charge < -0.3 is 15.0 Å². The van der Waals surface area contributed by atoms with Crippen molar-refractivity contribution in [2.45, 2.75) is 19.4 Å². The van der Waals surface area contributed by atoms with Gasteiger partial charge in [0.15, 0.2) is 0 Å². The highest BCUT2D eigenvalue weighted by molar-refractivity contribution is 9.10. The second kappa shape index (κ2) is 11.2. The van der Waals surface area contributed by atoms with Crippen molar-refractivity contribution in [3.8, 4) is 0 Å². The lowest BCUT2D eigenvalue weighted by Gasteiger charge is -2.18. The summed E-state index contributed by atoms with van der Waals surface area (Å²) in [5.74, 6) is -0.323. The van der Waals surface area contributed by atoms with Gasteiger partial charge in [-0.2, -0.15) is 5.10 Å². The highest BCUT2D eigenvalue weighted by Gasteiger charge is 2.18. The van der Waals surface area contributed by atoms with Gasteiger partial charge in [0.05, 0.1) is 31.0 Å². The number of benzene rings is 2. The van der Waals surface area contributed by atoms with Crippen molar-refractivity contribution in [3.63, 3.8) is 0 Å². The fourth-order valence-corrected chi connectivity index (χ4v) is 3.38. The molecule has 2 N–H and O–H groups in total. The van der Waals surface area contributed by atoms with Crippen LogP contribution in [0.3, 0.4) is 0 Å². The van der Waals surface area contributed by atoms with Crippen LogP contribution in [-0.2, 0) is 9.53 Å². The van der Waals surface area contributed by atoms with Gasteiger partial charge in [-0.1, -0.05) is 36.4 Å². The van der Waals surface area contributed by atoms with Crippen LogP contribution in [0.1, 0.15) is 30.5 Å². The molecule has 2 rings (SSSR count). The highest BCUT2D eigenvalue weighted by atomic mass is 79.9. The molecule has 2 amide bonds. The molecule has 0 radical (unpaired) electrons. The van der Waals surface area contributed by atoms with Crippen molar-refractivity contribution >= 4 is 39.8 Å². The Kier molecular flexibility index (Phi) is 8.67. The number of ether oxygens (including phenoxy) is 1. The molecule has 154 valence electrons. The Labute approximate surface area is 179 Å². The lowest BCUT2D eigenvalue weighted by atomic mass is 10.0. The third-order valence-electron chi connectivity index (χ3n) is 4.02. The smallest absolute Gasteiger partial charge is 0.407 e. The fraction of sp³-hybridized carbons (Fsp3) is 0.286. The van der Waals surface area contributed by atoms with Gasteiger partial charge in [-0.05, 0) is 46.1 Å². The maximum absolute atomic E-state index is 12.3. The third kappa shape index (κ3) is 7.23. The SMILES string of the molecule is CCOC(=O)N[C@@H](CC(=O)N/N=C\c1ccc(N(C)C)c(Br)c1)c1ccccc1. The Morgan fingerprint density at radius 2 is 1.93 bits per heavy atom. The van der Waals surface area contributed by atoms with Gasteiger partial charge in [-0.25, -0.2) is 10.2 Å². The maximum Gasteiger partial charge on any atom is 0.407 e. The van der Waals surface area contributed by atoms with Crippen molar-refractivity contribution in [2.75, 3.05) is 25.6 Å². The molecule has 7 nitrogen and oxygen atoms in total. The number of halogens is 1. The quantitative estimate of drug-likeness (QED) is 0.462. The number of rotatable bonds is 8. The fourth-order valence-electron chi connectivity index (χ4n) is 2.63. The molecule has 0 saturated heterocycles.